The molecule has 1 aromatic carbocycles. The van der Waals surface area contributed by atoms with E-state index in [1.165, 1.54) is 29.9 Å². The molecule has 92 valence electrons. The molecule has 2 heteroatoms. The monoisotopic (exact) mass is 248 g/mol. The molecule has 0 atom stereocenters. The summed E-state index contributed by atoms with van der Waals surface area (Å²) in [5, 5.41) is 3.50. The molecule has 0 aromatic heterocycles. The highest BCUT2D eigenvalue weighted by Crippen LogP contribution is 2.14. The quantitative estimate of drug-likeness (QED) is 0.327. The van der Waals surface area contributed by atoms with Crippen LogP contribution in [0.1, 0.15) is 31.7 Å². The third-order valence-corrected chi connectivity index (χ3v) is 3.58. The Labute approximate surface area is 109 Å². The molecule has 1 aromatic rings. The van der Waals surface area contributed by atoms with Crippen LogP contribution in [0.2, 0.25) is 0 Å². The Morgan fingerprint density at radius 1 is 1.24 bits per heavy atom. The standard InChI is InChI=1S/C15H22NS/c1-4-5-6-10-13-17-15(16(2)3)14-11-8-7-9-12-14/h7-13H,4-6H2,1-3H3/q+1/b13-10-. The number of allylic oxidation sites excluding steroid dienone is 1. The SMILES string of the molecule is CCCC/C=C\SC(c1ccccc1)=[N+](C)C. The van der Waals surface area contributed by atoms with Crippen LogP contribution >= 0.6 is 11.8 Å². The molecule has 0 spiro atoms. The minimum absolute atomic E-state index is 1.18. The molecule has 0 aliphatic carbocycles. The van der Waals surface area contributed by atoms with E-state index < -0.39 is 0 Å². The third-order valence-electron chi connectivity index (χ3n) is 2.43. The topological polar surface area (TPSA) is 3.01 Å². The number of rotatable bonds is 5. The molecule has 0 saturated carbocycles. The third kappa shape index (κ3) is 5.22. The average molecular weight is 248 g/mol. The first-order chi connectivity index (χ1) is 8.25. The fraction of sp³-hybridized carbons (Fsp3) is 0.400. The summed E-state index contributed by atoms with van der Waals surface area (Å²) in [7, 11) is 4.18. The number of hydrogen-bond donors (Lipinski definition) is 0. The van der Waals surface area contributed by atoms with Gasteiger partial charge in [-0.25, -0.2) is 4.58 Å². The molecule has 1 rings (SSSR count). The van der Waals surface area contributed by atoms with Crippen molar-refractivity contribution >= 4 is 16.8 Å². The lowest BCUT2D eigenvalue weighted by Gasteiger charge is -2.00. The summed E-state index contributed by atoms with van der Waals surface area (Å²) in [6, 6.07) is 10.5. The van der Waals surface area contributed by atoms with Crippen LogP contribution in [0.3, 0.4) is 0 Å². The number of benzene rings is 1. The lowest BCUT2D eigenvalue weighted by Crippen LogP contribution is -2.10. The second-order valence-corrected chi connectivity index (χ2v) is 5.09. The van der Waals surface area contributed by atoms with Crippen LogP contribution in [-0.2, 0) is 0 Å². The Bertz CT molecular complexity index is 375. The van der Waals surface area contributed by atoms with E-state index in [0.717, 1.165) is 0 Å². The zero-order chi connectivity index (χ0) is 12.5. The van der Waals surface area contributed by atoms with Crippen LogP contribution in [0, 0.1) is 0 Å². The summed E-state index contributed by atoms with van der Waals surface area (Å²) in [4.78, 5) is 0. The summed E-state index contributed by atoms with van der Waals surface area (Å²) in [5.74, 6) is 0. The van der Waals surface area contributed by atoms with Gasteiger partial charge in [-0.3, -0.25) is 0 Å². The van der Waals surface area contributed by atoms with Crippen LogP contribution in [0.4, 0.5) is 0 Å². The second-order valence-electron chi connectivity index (χ2n) is 4.20. The predicted molar refractivity (Wildman–Crippen MR) is 78.9 cm³/mol. The van der Waals surface area contributed by atoms with Gasteiger partial charge in [0.1, 0.15) is 14.1 Å². The molecule has 0 saturated heterocycles. The number of thioether (sulfide) groups is 1. The van der Waals surface area contributed by atoms with Crippen molar-refractivity contribution in [3.63, 3.8) is 0 Å². The lowest BCUT2D eigenvalue weighted by molar-refractivity contribution is -0.460. The predicted octanol–water partition coefficient (Wildman–Crippen LogP) is 4.14. The molecule has 0 heterocycles. The van der Waals surface area contributed by atoms with E-state index in [4.69, 9.17) is 0 Å². The first kappa shape index (κ1) is 14.0. The van der Waals surface area contributed by atoms with E-state index in [1.54, 1.807) is 11.8 Å². The smallest absolute Gasteiger partial charge is 0.229 e. The summed E-state index contributed by atoms with van der Waals surface area (Å²) in [6.45, 7) is 2.22. The van der Waals surface area contributed by atoms with Crippen LogP contribution in [0.25, 0.3) is 0 Å². The molecular weight excluding hydrogens is 226 g/mol. The molecule has 0 radical (unpaired) electrons. The van der Waals surface area contributed by atoms with E-state index in [0.29, 0.717) is 0 Å². The zero-order valence-electron chi connectivity index (χ0n) is 11.0. The molecule has 0 aliphatic rings. The number of unbranched alkanes of at least 4 members (excludes halogenated alkanes) is 2. The normalized spacial score (nSPS) is 10.8. The van der Waals surface area contributed by atoms with E-state index in [2.05, 4.69) is 67.4 Å². The highest BCUT2D eigenvalue weighted by Gasteiger charge is 2.09. The van der Waals surface area contributed by atoms with Gasteiger partial charge in [0.2, 0.25) is 5.04 Å². The van der Waals surface area contributed by atoms with Gasteiger partial charge >= 0.3 is 0 Å². The summed E-state index contributed by atoms with van der Waals surface area (Å²) >= 11 is 1.80. The number of hydrogen-bond acceptors (Lipinski definition) is 1. The van der Waals surface area contributed by atoms with Crippen molar-refractivity contribution in [3.8, 4) is 0 Å². The van der Waals surface area contributed by atoms with Gasteiger partial charge in [0.15, 0.2) is 0 Å². The van der Waals surface area contributed by atoms with Gasteiger partial charge in [-0.15, -0.1) is 0 Å². The molecule has 17 heavy (non-hydrogen) atoms. The van der Waals surface area contributed by atoms with Crippen LogP contribution in [-0.4, -0.2) is 23.7 Å². The van der Waals surface area contributed by atoms with Crippen LogP contribution in [0.15, 0.2) is 41.8 Å². The van der Waals surface area contributed by atoms with Gasteiger partial charge in [0.05, 0.1) is 5.56 Å². The summed E-state index contributed by atoms with van der Waals surface area (Å²) in [5.41, 5.74) is 1.28. The van der Waals surface area contributed by atoms with E-state index >= 15 is 0 Å². The summed E-state index contributed by atoms with van der Waals surface area (Å²) in [6.07, 6.45) is 5.98. The Kier molecular flexibility index (Phi) is 6.71. The fourth-order valence-corrected chi connectivity index (χ4v) is 2.36. The van der Waals surface area contributed by atoms with Crippen LogP contribution < -0.4 is 0 Å². The Morgan fingerprint density at radius 3 is 2.53 bits per heavy atom. The fourth-order valence-electron chi connectivity index (χ4n) is 1.51. The first-order valence-electron chi connectivity index (χ1n) is 6.17. The van der Waals surface area contributed by atoms with E-state index in [1.807, 2.05) is 0 Å². The maximum atomic E-state index is 2.26. The van der Waals surface area contributed by atoms with Crippen molar-refractivity contribution < 1.29 is 4.58 Å². The Morgan fingerprint density at radius 2 is 1.94 bits per heavy atom. The minimum Gasteiger partial charge on any atom is -0.229 e. The van der Waals surface area contributed by atoms with Crippen molar-refractivity contribution in [2.45, 2.75) is 26.2 Å². The lowest BCUT2D eigenvalue weighted by atomic mass is 10.2. The van der Waals surface area contributed by atoms with Crippen molar-refractivity contribution in [1.29, 1.82) is 0 Å². The molecule has 1 nitrogen and oxygen atoms in total. The summed E-state index contributed by atoms with van der Waals surface area (Å²) < 4.78 is 2.17. The Hall–Kier alpha value is -1.02. The first-order valence-corrected chi connectivity index (χ1v) is 7.05. The van der Waals surface area contributed by atoms with Gasteiger partial charge in [0, 0.05) is 0 Å². The van der Waals surface area contributed by atoms with E-state index in [9.17, 15) is 0 Å². The minimum atomic E-state index is 1.18. The van der Waals surface area contributed by atoms with Gasteiger partial charge in [0.25, 0.3) is 0 Å². The van der Waals surface area contributed by atoms with Gasteiger partial charge < -0.3 is 0 Å². The van der Waals surface area contributed by atoms with Crippen LogP contribution in [0.5, 0.6) is 0 Å². The van der Waals surface area contributed by atoms with Crippen molar-refractivity contribution in [1.82, 2.24) is 0 Å². The molecule has 0 unspecified atom stereocenters. The van der Waals surface area contributed by atoms with Gasteiger partial charge in [-0.1, -0.05) is 44.0 Å². The molecule has 0 aliphatic heterocycles. The largest absolute Gasteiger partial charge is 0.245 e. The highest BCUT2D eigenvalue weighted by molar-refractivity contribution is 8.16. The van der Waals surface area contributed by atoms with Crippen molar-refractivity contribution in [2.75, 3.05) is 14.1 Å². The Balaban J connectivity index is 2.64. The van der Waals surface area contributed by atoms with Crippen molar-refractivity contribution in [3.05, 3.63) is 47.4 Å². The van der Waals surface area contributed by atoms with Gasteiger partial charge in [-0.2, -0.15) is 0 Å². The maximum absolute atomic E-state index is 2.26. The molecule has 0 bridgehead atoms. The molecule has 0 amide bonds. The highest BCUT2D eigenvalue weighted by atomic mass is 32.2. The molecule has 0 fully saturated rings. The molecule has 0 N–H and O–H groups in total. The van der Waals surface area contributed by atoms with E-state index in [-0.39, 0.29) is 0 Å². The molecular formula is C15H22NS+. The van der Waals surface area contributed by atoms with Crippen molar-refractivity contribution in [2.24, 2.45) is 0 Å². The maximum Gasteiger partial charge on any atom is 0.245 e. The number of nitrogens with zero attached hydrogens (tertiary/aromatic N) is 1. The average Bonchev–Trinajstić information content (AvgIpc) is 2.34. The van der Waals surface area contributed by atoms with Gasteiger partial charge in [-0.05, 0) is 35.7 Å². The zero-order valence-corrected chi connectivity index (χ0v) is 11.8. The second kappa shape index (κ2) is 8.13.